The second-order valence-electron chi connectivity index (χ2n) is 4.54. The molecule has 1 rings (SSSR count). The molecule has 1 aromatic carbocycles. The van der Waals surface area contributed by atoms with E-state index >= 15 is 0 Å². The Balaban J connectivity index is 2.61. The molecule has 0 amide bonds. The van der Waals surface area contributed by atoms with Crippen LogP contribution in [0.4, 0.5) is 0 Å². The van der Waals surface area contributed by atoms with Crippen molar-refractivity contribution in [1.82, 2.24) is 5.32 Å². The van der Waals surface area contributed by atoms with Gasteiger partial charge in [0, 0.05) is 11.8 Å². The van der Waals surface area contributed by atoms with Crippen molar-refractivity contribution in [1.29, 1.82) is 0 Å². The number of hydrogen-bond acceptors (Lipinski definition) is 2. The van der Waals surface area contributed by atoms with Crippen molar-refractivity contribution in [2.24, 2.45) is 0 Å². The molecule has 2 heteroatoms. The van der Waals surface area contributed by atoms with Crippen molar-refractivity contribution in [3.63, 3.8) is 0 Å². The lowest BCUT2D eigenvalue weighted by Crippen LogP contribution is -2.33. The van der Waals surface area contributed by atoms with Crippen molar-refractivity contribution in [2.75, 3.05) is 18.1 Å². The smallest absolute Gasteiger partial charge is 0.0198 e. The predicted molar refractivity (Wildman–Crippen MR) is 80.1 cm³/mol. The first-order chi connectivity index (χ1) is 8.17. The number of thioether (sulfide) groups is 1. The van der Waals surface area contributed by atoms with Crippen LogP contribution in [-0.4, -0.2) is 24.1 Å². The van der Waals surface area contributed by atoms with Gasteiger partial charge in [0.15, 0.2) is 0 Å². The summed E-state index contributed by atoms with van der Waals surface area (Å²) in [4.78, 5) is 0. The van der Waals surface area contributed by atoms with Gasteiger partial charge in [0.2, 0.25) is 0 Å². The highest BCUT2D eigenvalue weighted by Gasteiger charge is 2.08. The molecule has 1 aromatic rings. The number of nitrogens with one attached hydrogen (secondary N) is 1. The Morgan fingerprint density at radius 3 is 2.53 bits per heavy atom. The van der Waals surface area contributed by atoms with Gasteiger partial charge >= 0.3 is 0 Å². The molecule has 0 saturated carbocycles. The Morgan fingerprint density at radius 1 is 1.18 bits per heavy atom. The first-order valence-electron chi connectivity index (χ1n) is 6.54. The molecule has 1 N–H and O–H groups in total. The fourth-order valence-electron chi connectivity index (χ4n) is 1.95. The van der Waals surface area contributed by atoms with E-state index in [1.54, 1.807) is 0 Å². The van der Waals surface area contributed by atoms with Gasteiger partial charge in [0.05, 0.1) is 0 Å². The fourth-order valence-corrected chi connectivity index (χ4v) is 2.71. The highest BCUT2D eigenvalue weighted by atomic mass is 32.2. The third-order valence-corrected chi connectivity index (χ3v) is 4.12. The van der Waals surface area contributed by atoms with E-state index in [9.17, 15) is 0 Å². The van der Waals surface area contributed by atoms with Crippen molar-refractivity contribution in [3.8, 4) is 0 Å². The van der Waals surface area contributed by atoms with Crippen molar-refractivity contribution >= 4 is 11.8 Å². The third-order valence-electron chi connectivity index (χ3n) is 3.07. The minimum atomic E-state index is 0.604. The maximum Gasteiger partial charge on any atom is 0.0198 e. The SMILES string of the molecule is CCNC(CSCC)Cc1ccc(C)c(C)c1. The van der Waals surface area contributed by atoms with Crippen LogP contribution in [0.1, 0.15) is 30.5 Å². The maximum absolute atomic E-state index is 3.58. The van der Waals surface area contributed by atoms with Crippen LogP contribution >= 0.6 is 11.8 Å². The Kier molecular flexibility index (Phi) is 6.68. The third kappa shape index (κ3) is 5.13. The van der Waals surface area contributed by atoms with E-state index in [0.29, 0.717) is 6.04 Å². The summed E-state index contributed by atoms with van der Waals surface area (Å²) >= 11 is 2.02. The number of hydrogen-bond donors (Lipinski definition) is 1. The maximum atomic E-state index is 3.58. The number of rotatable bonds is 7. The average molecular weight is 251 g/mol. The van der Waals surface area contributed by atoms with E-state index in [0.717, 1.165) is 13.0 Å². The molecule has 1 nitrogen and oxygen atoms in total. The van der Waals surface area contributed by atoms with Gasteiger partial charge in [-0.2, -0.15) is 11.8 Å². The first kappa shape index (κ1) is 14.6. The summed E-state index contributed by atoms with van der Waals surface area (Å²) in [6.45, 7) is 9.84. The van der Waals surface area contributed by atoms with Gasteiger partial charge in [-0.3, -0.25) is 0 Å². The zero-order chi connectivity index (χ0) is 12.7. The zero-order valence-electron chi connectivity index (χ0n) is 11.5. The summed E-state index contributed by atoms with van der Waals surface area (Å²) in [5, 5.41) is 3.58. The number of aryl methyl sites for hydroxylation is 2. The Hall–Kier alpha value is -0.470. The molecule has 0 aliphatic rings. The van der Waals surface area contributed by atoms with Gasteiger partial charge in [-0.05, 0) is 49.3 Å². The Morgan fingerprint density at radius 2 is 1.94 bits per heavy atom. The minimum Gasteiger partial charge on any atom is -0.313 e. The van der Waals surface area contributed by atoms with Crippen molar-refractivity contribution in [3.05, 3.63) is 34.9 Å². The van der Waals surface area contributed by atoms with Crippen LogP contribution in [0.5, 0.6) is 0 Å². The second kappa shape index (κ2) is 7.78. The normalized spacial score (nSPS) is 12.7. The van der Waals surface area contributed by atoms with Crippen LogP contribution < -0.4 is 5.32 Å². The Bertz CT molecular complexity index is 336. The van der Waals surface area contributed by atoms with Crippen molar-refractivity contribution in [2.45, 2.75) is 40.2 Å². The summed E-state index contributed by atoms with van der Waals surface area (Å²) in [6, 6.07) is 7.44. The highest BCUT2D eigenvalue weighted by Crippen LogP contribution is 2.13. The minimum absolute atomic E-state index is 0.604. The summed E-state index contributed by atoms with van der Waals surface area (Å²) in [6.07, 6.45) is 1.14. The van der Waals surface area contributed by atoms with Crippen LogP contribution in [0.2, 0.25) is 0 Å². The largest absolute Gasteiger partial charge is 0.313 e. The molecule has 0 bridgehead atoms. The fraction of sp³-hybridized carbons (Fsp3) is 0.600. The van der Waals surface area contributed by atoms with E-state index in [-0.39, 0.29) is 0 Å². The number of benzene rings is 1. The molecule has 0 fully saturated rings. The van der Waals surface area contributed by atoms with Gasteiger partial charge < -0.3 is 5.32 Å². The molecule has 0 spiro atoms. The lowest BCUT2D eigenvalue weighted by Gasteiger charge is -2.18. The summed E-state index contributed by atoms with van der Waals surface area (Å²) in [5.74, 6) is 2.41. The van der Waals surface area contributed by atoms with Gasteiger partial charge in [0.1, 0.15) is 0 Å². The van der Waals surface area contributed by atoms with E-state index < -0.39 is 0 Å². The second-order valence-corrected chi connectivity index (χ2v) is 5.86. The van der Waals surface area contributed by atoms with E-state index in [1.165, 1.54) is 28.2 Å². The lowest BCUT2D eigenvalue weighted by atomic mass is 10.0. The van der Waals surface area contributed by atoms with E-state index in [1.807, 2.05) is 11.8 Å². The summed E-state index contributed by atoms with van der Waals surface area (Å²) in [7, 11) is 0. The van der Waals surface area contributed by atoms with Crippen LogP contribution in [0.3, 0.4) is 0 Å². The van der Waals surface area contributed by atoms with Crippen LogP contribution in [0.25, 0.3) is 0 Å². The quantitative estimate of drug-likeness (QED) is 0.795. The zero-order valence-corrected chi connectivity index (χ0v) is 12.4. The molecular weight excluding hydrogens is 226 g/mol. The molecule has 1 unspecified atom stereocenters. The van der Waals surface area contributed by atoms with Crippen LogP contribution in [0.15, 0.2) is 18.2 Å². The lowest BCUT2D eigenvalue weighted by molar-refractivity contribution is 0.572. The monoisotopic (exact) mass is 251 g/mol. The molecule has 1 atom stereocenters. The first-order valence-corrected chi connectivity index (χ1v) is 7.70. The molecule has 0 aliphatic heterocycles. The van der Waals surface area contributed by atoms with Gasteiger partial charge in [-0.15, -0.1) is 0 Å². The van der Waals surface area contributed by atoms with Gasteiger partial charge in [-0.25, -0.2) is 0 Å². The van der Waals surface area contributed by atoms with Crippen LogP contribution in [-0.2, 0) is 6.42 Å². The number of likely N-dealkylation sites (N-methyl/N-ethyl adjacent to an activating group) is 1. The molecule has 0 heterocycles. The predicted octanol–water partition coefficient (Wildman–Crippen LogP) is 3.58. The topological polar surface area (TPSA) is 12.0 Å². The molecule has 17 heavy (non-hydrogen) atoms. The highest BCUT2D eigenvalue weighted by molar-refractivity contribution is 7.99. The van der Waals surface area contributed by atoms with Gasteiger partial charge in [-0.1, -0.05) is 32.0 Å². The molecular formula is C15H25NS. The molecule has 0 aliphatic carbocycles. The average Bonchev–Trinajstić information content (AvgIpc) is 2.31. The molecule has 0 aromatic heterocycles. The van der Waals surface area contributed by atoms with E-state index in [2.05, 4.69) is 51.2 Å². The van der Waals surface area contributed by atoms with Gasteiger partial charge in [0.25, 0.3) is 0 Å². The molecule has 0 radical (unpaired) electrons. The summed E-state index contributed by atoms with van der Waals surface area (Å²) in [5.41, 5.74) is 4.24. The summed E-state index contributed by atoms with van der Waals surface area (Å²) < 4.78 is 0. The van der Waals surface area contributed by atoms with Crippen LogP contribution in [0, 0.1) is 13.8 Å². The van der Waals surface area contributed by atoms with E-state index in [4.69, 9.17) is 0 Å². The Labute approximate surface area is 110 Å². The molecule has 96 valence electrons. The standard InChI is InChI=1S/C15H25NS/c1-5-16-15(11-17-6-2)10-14-8-7-12(3)13(4)9-14/h7-9,15-16H,5-6,10-11H2,1-4H3. The molecule has 0 saturated heterocycles. The van der Waals surface area contributed by atoms with Crippen molar-refractivity contribution < 1.29 is 0 Å².